The molecule has 2 fully saturated rings. The summed E-state index contributed by atoms with van der Waals surface area (Å²) in [5.41, 5.74) is 2.63. The molecule has 2 aliphatic rings. The van der Waals surface area contributed by atoms with Crippen molar-refractivity contribution in [2.45, 2.75) is 58.2 Å². The zero-order chi connectivity index (χ0) is 20.2. The summed E-state index contributed by atoms with van der Waals surface area (Å²) < 4.78 is 11.3. The van der Waals surface area contributed by atoms with Gasteiger partial charge in [-0.2, -0.15) is 0 Å². The first-order valence-corrected chi connectivity index (χ1v) is 11.3. The molecule has 2 aliphatic heterocycles. The summed E-state index contributed by atoms with van der Waals surface area (Å²) in [5.74, 6) is 0.839. The maximum atomic E-state index is 5.71. The van der Waals surface area contributed by atoms with Crippen LogP contribution in [-0.2, 0) is 22.6 Å². The minimum absolute atomic E-state index is 0.287. The Kier molecular flexibility index (Phi) is 9.76. The largest absolute Gasteiger partial charge is 0.377 e. The molecule has 162 valence electrons. The zero-order valence-corrected chi connectivity index (χ0v) is 18.0. The topological polar surface area (TPSA) is 58.1 Å². The van der Waals surface area contributed by atoms with Crippen molar-refractivity contribution in [3.8, 4) is 0 Å². The number of guanidine groups is 1. The van der Waals surface area contributed by atoms with Gasteiger partial charge in [0.25, 0.3) is 0 Å². The summed E-state index contributed by atoms with van der Waals surface area (Å²) in [6, 6.07) is 8.91. The van der Waals surface area contributed by atoms with E-state index < -0.39 is 0 Å². The van der Waals surface area contributed by atoms with Gasteiger partial charge in [-0.15, -0.1) is 0 Å². The van der Waals surface area contributed by atoms with E-state index in [1.807, 2.05) is 0 Å². The summed E-state index contributed by atoms with van der Waals surface area (Å²) in [6.45, 7) is 10.1. The Hall–Kier alpha value is -1.63. The van der Waals surface area contributed by atoms with E-state index >= 15 is 0 Å². The van der Waals surface area contributed by atoms with Gasteiger partial charge >= 0.3 is 0 Å². The van der Waals surface area contributed by atoms with Gasteiger partial charge in [0.15, 0.2) is 5.96 Å². The van der Waals surface area contributed by atoms with E-state index in [0.29, 0.717) is 19.8 Å². The Bertz CT molecular complexity index is 593. The van der Waals surface area contributed by atoms with Crippen LogP contribution in [0, 0.1) is 0 Å². The molecule has 0 spiro atoms. The van der Waals surface area contributed by atoms with Gasteiger partial charge in [-0.05, 0) is 56.8 Å². The first kappa shape index (κ1) is 22.1. The van der Waals surface area contributed by atoms with Crippen molar-refractivity contribution < 1.29 is 9.47 Å². The predicted octanol–water partition coefficient (Wildman–Crippen LogP) is 2.92. The Labute approximate surface area is 176 Å². The first-order valence-electron chi connectivity index (χ1n) is 11.3. The van der Waals surface area contributed by atoms with Crippen molar-refractivity contribution in [3.05, 3.63) is 35.4 Å². The van der Waals surface area contributed by atoms with Crippen LogP contribution in [0.25, 0.3) is 0 Å². The highest BCUT2D eigenvalue weighted by molar-refractivity contribution is 5.79. The average molecular weight is 403 g/mol. The van der Waals surface area contributed by atoms with E-state index in [2.05, 4.69) is 46.7 Å². The van der Waals surface area contributed by atoms with Gasteiger partial charge < -0.3 is 20.1 Å². The van der Waals surface area contributed by atoms with Crippen LogP contribution in [0.3, 0.4) is 0 Å². The Morgan fingerprint density at radius 2 is 1.90 bits per heavy atom. The maximum absolute atomic E-state index is 5.71. The van der Waals surface area contributed by atoms with E-state index in [1.54, 1.807) is 0 Å². The molecule has 6 heteroatoms. The van der Waals surface area contributed by atoms with Crippen molar-refractivity contribution >= 4 is 5.96 Å². The molecule has 1 aromatic carbocycles. The maximum Gasteiger partial charge on any atom is 0.191 e. The fraction of sp³-hybridized carbons (Fsp3) is 0.696. The molecular formula is C23H38N4O2. The van der Waals surface area contributed by atoms with Crippen molar-refractivity contribution in [3.63, 3.8) is 0 Å². The van der Waals surface area contributed by atoms with Crippen molar-refractivity contribution in [2.75, 3.05) is 46.0 Å². The number of hydrogen-bond acceptors (Lipinski definition) is 4. The fourth-order valence-electron chi connectivity index (χ4n) is 3.87. The van der Waals surface area contributed by atoms with Gasteiger partial charge in [0.1, 0.15) is 0 Å². The van der Waals surface area contributed by atoms with Crippen molar-refractivity contribution in [1.82, 2.24) is 15.5 Å². The number of rotatable bonds is 10. The van der Waals surface area contributed by atoms with Crippen LogP contribution in [0.1, 0.15) is 50.2 Å². The molecule has 0 saturated carbocycles. The molecule has 0 aliphatic carbocycles. The lowest BCUT2D eigenvalue weighted by Crippen LogP contribution is -2.39. The summed E-state index contributed by atoms with van der Waals surface area (Å²) in [4.78, 5) is 7.27. The second-order valence-corrected chi connectivity index (χ2v) is 7.99. The van der Waals surface area contributed by atoms with Gasteiger partial charge in [0, 0.05) is 26.2 Å². The van der Waals surface area contributed by atoms with Crippen molar-refractivity contribution in [1.29, 1.82) is 0 Å². The lowest BCUT2D eigenvalue weighted by Gasteiger charge is -2.26. The van der Waals surface area contributed by atoms with Crippen LogP contribution in [0.4, 0.5) is 0 Å². The molecule has 0 aromatic heterocycles. The van der Waals surface area contributed by atoms with Gasteiger partial charge in [-0.25, -0.2) is 4.99 Å². The van der Waals surface area contributed by atoms with E-state index in [9.17, 15) is 0 Å². The SMILES string of the molecule is CCNC(=NCc1ccc(CN2CCCCC2)cc1)NCCOCC1CCCO1. The Morgan fingerprint density at radius 3 is 2.62 bits per heavy atom. The van der Waals surface area contributed by atoms with E-state index in [0.717, 1.165) is 45.0 Å². The minimum Gasteiger partial charge on any atom is -0.377 e. The van der Waals surface area contributed by atoms with Crippen LogP contribution in [0.15, 0.2) is 29.3 Å². The molecule has 3 rings (SSSR count). The molecule has 0 bridgehead atoms. The second-order valence-electron chi connectivity index (χ2n) is 7.99. The Morgan fingerprint density at radius 1 is 1.10 bits per heavy atom. The Balaban J connectivity index is 1.37. The van der Waals surface area contributed by atoms with Crippen LogP contribution >= 0.6 is 0 Å². The second kappa shape index (κ2) is 12.8. The molecule has 0 amide bonds. The number of hydrogen-bond donors (Lipinski definition) is 2. The summed E-state index contributed by atoms with van der Waals surface area (Å²) >= 11 is 0. The number of aliphatic imine (C=N–C) groups is 1. The van der Waals surface area contributed by atoms with Crippen LogP contribution in [0.2, 0.25) is 0 Å². The third-order valence-electron chi connectivity index (χ3n) is 5.51. The molecule has 2 saturated heterocycles. The number of likely N-dealkylation sites (tertiary alicyclic amines) is 1. The van der Waals surface area contributed by atoms with Gasteiger partial charge in [0.2, 0.25) is 0 Å². The highest BCUT2D eigenvalue weighted by Gasteiger charge is 2.15. The monoisotopic (exact) mass is 402 g/mol. The molecule has 2 N–H and O–H groups in total. The molecule has 1 unspecified atom stereocenters. The number of nitrogens with one attached hydrogen (secondary N) is 2. The summed E-state index contributed by atoms with van der Waals surface area (Å²) in [6.07, 6.45) is 6.63. The van der Waals surface area contributed by atoms with Crippen LogP contribution in [-0.4, -0.2) is 63.0 Å². The molecule has 0 radical (unpaired) electrons. The van der Waals surface area contributed by atoms with Gasteiger partial charge in [-0.1, -0.05) is 30.7 Å². The molecule has 1 aromatic rings. The number of ether oxygens (including phenoxy) is 2. The lowest BCUT2D eigenvalue weighted by molar-refractivity contribution is 0.0191. The molecule has 6 nitrogen and oxygen atoms in total. The third kappa shape index (κ3) is 8.33. The van der Waals surface area contributed by atoms with E-state index in [1.165, 1.54) is 43.5 Å². The first-order chi connectivity index (χ1) is 14.3. The molecule has 1 atom stereocenters. The summed E-state index contributed by atoms with van der Waals surface area (Å²) in [5, 5.41) is 6.65. The van der Waals surface area contributed by atoms with E-state index in [4.69, 9.17) is 14.5 Å². The highest BCUT2D eigenvalue weighted by atomic mass is 16.5. The minimum atomic E-state index is 0.287. The van der Waals surface area contributed by atoms with Crippen LogP contribution in [0.5, 0.6) is 0 Å². The van der Waals surface area contributed by atoms with Crippen LogP contribution < -0.4 is 10.6 Å². The fourth-order valence-corrected chi connectivity index (χ4v) is 3.87. The van der Waals surface area contributed by atoms with E-state index in [-0.39, 0.29) is 6.10 Å². The highest BCUT2D eigenvalue weighted by Crippen LogP contribution is 2.14. The third-order valence-corrected chi connectivity index (χ3v) is 5.51. The number of piperidine rings is 1. The predicted molar refractivity (Wildman–Crippen MR) is 118 cm³/mol. The lowest BCUT2D eigenvalue weighted by atomic mass is 10.1. The molecular weight excluding hydrogens is 364 g/mol. The number of nitrogens with zero attached hydrogens (tertiary/aromatic N) is 2. The van der Waals surface area contributed by atoms with Gasteiger partial charge in [-0.3, -0.25) is 4.90 Å². The quantitative estimate of drug-likeness (QED) is 0.358. The molecule has 29 heavy (non-hydrogen) atoms. The van der Waals surface area contributed by atoms with Gasteiger partial charge in [0.05, 0.1) is 25.9 Å². The smallest absolute Gasteiger partial charge is 0.191 e. The normalized spacial score (nSPS) is 20.7. The zero-order valence-electron chi connectivity index (χ0n) is 18.0. The number of benzene rings is 1. The standard InChI is InChI=1S/C23H38N4O2/c1-2-24-23(25-12-16-28-19-22-7-6-15-29-22)26-17-20-8-10-21(11-9-20)18-27-13-4-3-5-14-27/h8-11,22H,2-7,12-19H2,1H3,(H2,24,25,26). The molecule has 2 heterocycles. The average Bonchev–Trinajstić information content (AvgIpc) is 3.27. The van der Waals surface area contributed by atoms with Crippen molar-refractivity contribution in [2.24, 2.45) is 4.99 Å². The summed E-state index contributed by atoms with van der Waals surface area (Å²) in [7, 11) is 0.